The standard InChI is InChI=1S/C11H16O3/c1-11(13-4-5-14-11)9-7-2-3-8(6-7)10(9)12/h7-9H,2-6H2,1H3/t7-,8+,9-/m0/s1. The van der Waals surface area contributed by atoms with Crippen molar-refractivity contribution < 1.29 is 14.3 Å². The molecule has 0 spiro atoms. The molecule has 0 radical (unpaired) electrons. The summed E-state index contributed by atoms with van der Waals surface area (Å²) in [6.07, 6.45) is 3.35. The highest BCUT2D eigenvalue weighted by atomic mass is 16.7. The van der Waals surface area contributed by atoms with Gasteiger partial charge in [0, 0.05) is 5.92 Å². The number of fused-ring (bicyclic) bond motifs is 2. The fraction of sp³-hybridized carbons (Fsp3) is 0.909. The molecule has 0 aromatic carbocycles. The van der Waals surface area contributed by atoms with E-state index in [1.54, 1.807) is 0 Å². The minimum atomic E-state index is -0.600. The Morgan fingerprint density at radius 1 is 1.29 bits per heavy atom. The van der Waals surface area contributed by atoms with Crippen LogP contribution in [0, 0.1) is 17.8 Å². The smallest absolute Gasteiger partial charge is 0.175 e. The Balaban J connectivity index is 1.88. The normalized spacial score (nSPS) is 44.9. The first-order valence-electron chi connectivity index (χ1n) is 5.52. The van der Waals surface area contributed by atoms with Crippen LogP contribution in [0.15, 0.2) is 0 Å². The summed E-state index contributed by atoms with van der Waals surface area (Å²) in [5.74, 6) is 0.649. The van der Waals surface area contributed by atoms with E-state index < -0.39 is 5.79 Å². The molecule has 0 N–H and O–H groups in total. The van der Waals surface area contributed by atoms with Gasteiger partial charge >= 0.3 is 0 Å². The van der Waals surface area contributed by atoms with Gasteiger partial charge in [0.05, 0.1) is 19.1 Å². The van der Waals surface area contributed by atoms with Gasteiger partial charge < -0.3 is 9.47 Å². The van der Waals surface area contributed by atoms with Crippen molar-refractivity contribution in [1.82, 2.24) is 0 Å². The number of ketones is 1. The number of carbonyl (C=O) groups is 1. The zero-order chi connectivity index (χ0) is 9.76. The lowest BCUT2D eigenvalue weighted by molar-refractivity contribution is -0.193. The van der Waals surface area contributed by atoms with Crippen molar-refractivity contribution in [2.75, 3.05) is 13.2 Å². The second-order valence-corrected chi connectivity index (χ2v) is 4.86. The summed E-state index contributed by atoms with van der Waals surface area (Å²) in [5.41, 5.74) is 0. The van der Waals surface area contributed by atoms with E-state index in [4.69, 9.17) is 9.47 Å². The molecule has 3 rings (SSSR count). The number of hydrogen-bond donors (Lipinski definition) is 0. The summed E-state index contributed by atoms with van der Waals surface area (Å²) in [7, 11) is 0. The summed E-state index contributed by atoms with van der Waals surface area (Å²) in [6.45, 7) is 3.21. The fourth-order valence-electron chi connectivity index (χ4n) is 3.46. The monoisotopic (exact) mass is 196 g/mol. The van der Waals surface area contributed by atoms with Gasteiger partial charge in [-0.3, -0.25) is 4.79 Å². The zero-order valence-electron chi connectivity index (χ0n) is 8.49. The summed E-state index contributed by atoms with van der Waals surface area (Å²) >= 11 is 0. The molecule has 2 aliphatic carbocycles. The Bertz CT molecular complexity index is 268. The zero-order valence-corrected chi connectivity index (χ0v) is 8.49. The van der Waals surface area contributed by atoms with E-state index in [0.717, 1.165) is 12.8 Å². The molecule has 3 heteroatoms. The number of rotatable bonds is 1. The summed E-state index contributed by atoms with van der Waals surface area (Å²) in [5, 5.41) is 0. The highest BCUT2D eigenvalue weighted by Gasteiger charge is 2.56. The van der Waals surface area contributed by atoms with Gasteiger partial charge in [-0.15, -0.1) is 0 Å². The molecule has 3 atom stereocenters. The van der Waals surface area contributed by atoms with Crippen molar-refractivity contribution in [2.24, 2.45) is 17.8 Å². The predicted molar refractivity (Wildman–Crippen MR) is 49.6 cm³/mol. The SMILES string of the molecule is CC1([C@@H]2C(=O)[C@@H]3CC[C@H]2C3)OCCO1. The van der Waals surface area contributed by atoms with Crippen molar-refractivity contribution in [2.45, 2.75) is 32.0 Å². The molecule has 0 aromatic heterocycles. The lowest BCUT2D eigenvalue weighted by Gasteiger charge is -2.33. The lowest BCUT2D eigenvalue weighted by Crippen LogP contribution is -2.43. The van der Waals surface area contributed by atoms with Gasteiger partial charge in [0.25, 0.3) is 0 Å². The van der Waals surface area contributed by atoms with E-state index in [9.17, 15) is 4.79 Å². The molecule has 14 heavy (non-hydrogen) atoms. The number of hydrogen-bond acceptors (Lipinski definition) is 3. The van der Waals surface area contributed by atoms with Crippen LogP contribution < -0.4 is 0 Å². The molecule has 1 saturated heterocycles. The quantitative estimate of drug-likeness (QED) is 0.635. The van der Waals surface area contributed by atoms with Gasteiger partial charge in [0.2, 0.25) is 0 Å². The first kappa shape index (κ1) is 8.86. The minimum Gasteiger partial charge on any atom is -0.347 e. The summed E-state index contributed by atoms with van der Waals surface area (Å²) in [6, 6.07) is 0. The number of ether oxygens (including phenoxy) is 2. The van der Waals surface area contributed by atoms with E-state index in [0.29, 0.717) is 30.8 Å². The average molecular weight is 196 g/mol. The predicted octanol–water partition coefficient (Wildman–Crippen LogP) is 1.36. The molecule has 3 aliphatic rings. The van der Waals surface area contributed by atoms with Gasteiger partial charge in [-0.1, -0.05) is 0 Å². The second-order valence-electron chi connectivity index (χ2n) is 4.86. The Morgan fingerprint density at radius 3 is 2.57 bits per heavy atom. The maximum Gasteiger partial charge on any atom is 0.175 e. The molecular weight excluding hydrogens is 180 g/mol. The number of Topliss-reactive ketones (excluding diaryl/α,β-unsaturated/α-hetero) is 1. The van der Waals surface area contributed by atoms with Crippen LogP contribution >= 0.6 is 0 Å². The van der Waals surface area contributed by atoms with Crippen molar-refractivity contribution in [3.05, 3.63) is 0 Å². The molecule has 78 valence electrons. The molecule has 2 saturated carbocycles. The van der Waals surface area contributed by atoms with Crippen LogP contribution in [-0.4, -0.2) is 24.8 Å². The van der Waals surface area contributed by atoms with Crippen LogP contribution in [0.25, 0.3) is 0 Å². The van der Waals surface area contributed by atoms with Crippen molar-refractivity contribution >= 4 is 5.78 Å². The fourth-order valence-corrected chi connectivity index (χ4v) is 3.46. The van der Waals surface area contributed by atoms with E-state index in [1.807, 2.05) is 6.92 Å². The molecule has 1 heterocycles. The van der Waals surface area contributed by atoms with E-state index in [2.05, 4.69) is 0 Å². The molecule has 3 nitrogen and oxygen atoms in total. The minimum absolute atomic E-state index is 0.0174. The van der Waals surface area contributed by atoms with Crippen molar-refractivity contribution in [1.29, 1.82) is 0 Å². The van der Waals surface area contributed by atoms with Crippen LogP contribution in [0.3, 0.4) is 0 Å². The Kier molecular flexibility index (Phi) is 1.77. The average Bonchev–Trinajstić information content (AvgIpc) is 2.79. The molecule has 0 unspecified atom stereocenters. The molecule has 0 amide bonds. The highest BCUT2D eigenvalue weighted by Crippen LogP contribution is 2.51. The van der Waals surface area contributed by atoms with Crippen LogP contribution in [0.4, 0.5) is 0 Å². The molecular formula is C11H16O3. The van der Waals surface area contributed by atoms with Crippen LogP contribution in [0.1, 0.15) is 26.2 Å². The van der Waals surface area contributed by atoms with Crippen LogP contribution in [0.2, 0.25) is 0 Å². The Morgan fingerprint density at radius 2 is 2.00 bits per heavy atom. The Hall–Kier alpha value is -0.410. The maximum absolute atomic E-state index is 12.0. The largest absolute Gasteiger partial charge is 0.347 e. The Labute approximate surface area is 83.8 Å². The van der Waals surface area contributed by atoms with E-state index in [1.165, 1.54) is 6.42 Å². The van der Waals surface area contributed by atoms with Gasteiger partial charge in [-0.2, -0.15) is 0 Å². The van der Waals surface area contributed by atoms with Gasteiger partial charge in [-0.05, 0) is 32.1 Å². The molecule has 3 fully saturated rings. The van der Waals surface area contributed by atoms with Crippen molar-refractivity contribution in [3.63, 3.8) is 0 Å². The topological polar surface area (TPSA) is 35.5 Å². The van der Waals surface area contributed by atoms with Crippen LogP contribution in [-0.2, 0) is 14.3 Å². The van der Waals surface area contributed by atoms with Gasteiger partial charge in [-0.25, -0.2) is 0 Å². The maximum atomic E-state index is 12.0. The van der Waals surface area contributed by atoms with Gasteiger partial charge in [0.1, 0.15) is 5.78 Å². The van der Waals surface area contributed by atoms with Gasteiger partial charge in [0.15, 0.2) is 5.79 Å². The van der Waals surface area contributed by atoms with E-state index in [-0.39, 0.29) is 5.92 Å². The molecule has 2 bridgehead atoms. The first-order valence-corrected chi connectivity index (χ1v) is 5.52. The highest BCUT2D eigenvalue weighted by molar-refractivity contribution is 5.87. The first-order chi connectivity index (χ1) is 6.71. The third kappa shape index (κ3) is 1.03. The van der Waals surface area contributed by atoms with E-state index >= 15 is 0 Å². The van der Waals surface area contributed by atoms with Crippen molar-refractivity contribution in [3.8, 4) is 0 Å². The number of carbonyl (C=O) groups excluding carboxylic acids is 1. The van der Waals surface area contributed by atoms with Crippen LogP contribution in [0.5, 0.6) is 0 Å². The third-order valence-electron chi connectivity index (χ3n) is 4.08. The second kappa shape index (κ2) is 2.80. The lowest BCUT2D eigenvalue weighted by atomic mass is 9.82. The summed E-state index contributed by atoms with van der Waals surface area (Å²) in [4.78, 5) is 12.0. The molecule has 0 aromatic rings. The molecule has 1 aliphatic heterocycles. The summed E-state index contributed by atoms with van der Waals surface area (Å²) < 4.78 is 11.2. The third-order valence-corrected chi connectivity index (χ3v) is 4.08.